The van der Waals surface area contributed by atoms with Crippen LogP contribution < -0.4 is 9.47 Å². The molecule has 3 rings (SSSR count). The first-order valence-electron chi connectivity index (χ1n) is 6.53. The average Bonchev–Trinajstić information content (AvgIpc) is 2.89. The summed E-state index contributed by atoms with van der Waals surface area (Å²) in [4.78, 5) is 3.43. The van der Waals surface area contributed by atoms with Crippen LogP contribution in [0.15, 0.2) is 42.5 Å². The molecule has 0 aliphatic rings. The Morgan fingerprint density at radius 3 is 2.50 bits per heavy atom. The summed E-state index contributed by atoms with van der Waals surface area (Å²) in [7, 11) is 3.37. The Balaban J connectivity index is 2.17. The fourth-order valence-electron chi connectivity index (χ4n) is 2.42. The van der Waals surface area contributed by atoms with Gasteiger partial charge in [0.2, 0.25) is 0 Å². The number of aryl methyl sites for hydroxylation is 1. The number of methoxy groups -OCH3 is 2. The van der Waals surface area contributed by atoms with Gasteiger partial charge in [0.1, 0.15) is 11.5 Å². The van der Waals surface area contributed by atoms with Crippen molar-refractivity contribution in [3.05, 3.63) is 48.0 Å². The Hall–Kier alpha value is -2.42. The van der Waals surface area contributed by atoms with Gasteiger partial charge >= 0.3 is 0 Å². The van der Waals surface area contributed by atoms with Crippen LogP contribution in [-0.2, 0) is 0 Å². The second-order valence-electron chi connectivity index (χ2n) is 4.84. The first kappa shape index (κ1) is 12.6. The molecule has 3 heteroatoms. The van der Waals surface area contributed by atoms with Crippen LogP contribution in [0.5, 0.6) is 11.5 Å². The highest BCUT2D eigenvalue weighted by Crippen LogP contribution is 2.33. The second kappa shape index (κ2) is 4.93. The minimum atomic E-state index is 0.860. The largest absolute Gasteiger partial charge is 0.497 e. The molecule has 0 saturated heterocycles. The highest BCUT2D eigenvalue weighted by atomic mass is 16.5. The summed E-state index contributed by atoms with van der Waals surface area (Å²) in [5.41, 5.74) is 4.41. The number of hydrogen-bond donors (Lipinski definition) is 1. The lowest BCUT2D eigenvalue weighted by Gasteiger charge is -2.07. The molecule has 3 aromatic rings. The number of rotatable bonds is 3. The average molecular weight is 267 g/mol. The zero-order chi connectivity index (χ0) is 14.1. The van der Waals surface area contributed by atoms with Gasteiger partial charge < -0.3 is 14.5 Å². The summed E-state index contributed by atoms with van der Waals surface area (Å²) in [6.45, 7) is 2.08. The number of aromatic nitrogens is 1. The van der Waals surface area contributed by atoms with Gasteiger partial charge in [-0.3, -0.25) is 0 Å². The predicted octanol–water partition coefficient (Wildman–Crippen LogP) is 4.16. The fraction of sp³-hybridized carbons (Fsp3) is 0.176. The van der Waals surface area contributed by atoms with Crippen molar-refractivity contribution in [1.29, 1.82) is 0 Å². The van der Waals surface area contributed by atoms with E-state index in [1.165, 1.54) is 5.56 Å². The molecule has 102 valence electrons. The topological polar surface area (TPSA) is 34.2 Å². The summed E-state index contributed by atoms with van der Waals surface area (Å²) in [5.74, 6) is 1.73. The molecule has 0 saturated carbocycles. The van der Waals surface area contributed by atoms with Gasteiger partial charge in [0, 0.05) is 16.5 Å². The molecule has 0 unspecified atom stereocenters. The molecule has 3 nitrogen and oxygen atoms in total. The molecule has 2 aromatic carbocycles. The SMILES string of the molecule is COc1ccc2[nH]c(-c3cc(C)ccc3OC)cc2c1. The number of hydrogen-bond acceptors (Lipinski definition) is 2. The molecule has 20 heavy (non-hydrogen) atoms. The zero-order valence-corrected chi connectivity index (χ0v) is 11.9. The van der Waals surface area contributed by atoms with E-state index < -0.39 is 0 Å². The lowest BCUT2D eigenvalue weighted by Crippen LogP contribution is -1.88. The number of fused-ring (bicyclic) bond motifs is 1. The Labute approximate surface area is 118 Å². The number of H-pyrrole nitrogens is 1. The van der Waals surface area contributed by atoms with Crippen LogP contribution >= 0.6 is 0 Å². The van der Waals surface area contributed by atoms with Crippen molar-refractivity contribution >= 4 is 10.9 Å². The fourth-order valence-corrected chi connectivity index (χ4v) is 2.42. The van der Waals surface area contributed by atoms with Crippen LogP contribution in [0.25, 0.3) is 22.2 Å². The van der Waals surface area contributed by atoms with Crippen LogP contribution in [0, 0.1) is 6.92 Å². The van der Waals surface area contributed by atoms with Crippen LogP contribution in [0.4, 0.5) is 0 Å². The van der Waals surface area contributed by atoms with Crippen molar-refractivity contribution in [3.8, 4) is 22.8 Å². The van der Waals surface area contributed by atoms with Crippen molar-refractivity contribution in [2.24, 2.45) is 0 Å². The van der Waals surface area contributed by atoms with Crippen LogP contribution in [-0.4, -0.2) is 19.2 Å². The first-order chi connectivity index (χ1) is 9.71. The van der Waals surface area contributed by atoms with E-state index in [9.17, 15) is 0 Å². The minimum Gasteiger partial charge on any atom is -0.497 e. The standard InChI is InChI=1S/C17H17NO2/c1-11-4-7-17(20-3)14(8-11)16-10-12-9-13(19-2)5-6-15(12)18-16/h4-10,18H,1-3H3. The van der Waals surface area contributed by atoms with Gasteiger partial charge in [-0.15, -0.1) is 0 Å². The summed E-state index contributed by atoms with van der Waals surface area (Å²) < 4.78 is 10.7. The van der Waals surface area contributed by atoms with Crippen molar-refractivity contribution in [1.82, 2.24) is 4.98 Å². The third-order valence-electron chi connectivity index (χ3n) is 3.47. The molecule has 1 N–H and O–H groups in total. The molecule has 0 bridgehead atoms. The van der Waals surface area contributed by atoms with E-state index in [0.29, 0.717) is 0 Å². The van der Waals surface area contributed by atoms with E-state index in [-0.39, 0.29) is 0 Å². The Morgan fingerprint density at radius 1 is 0.900 bits per heavy atom. The second-order valence-corrected chi connectivity index (χ2v) is 4.84. The van der Waals surface area contributed by atoms with Gasteiger partial charge in [0.05, 0.1) is 19.9 Å². The maximum absolute atomic E-state index is 5.45. The number of aromatic amines is 1. The highest BCUT2D eigenvalue weighted by Gasteiger charge is 2.09. The van der Waals surface area contributed by atoms with E-state index in [1.807, 2.05) is 30.3 Å². The zero-order valence-electron chi connectivity index (χ0n) is 11.9. The molecule has 0 aliphatic carbocycles. The van der Waals surface area contributed by atoms with E-state index in [0.717, 1.165) is 33.7 Å². The van der Waals surface area contributed by atoms with Gasteiger partial charge in [-0.05, 0) is 43.3 Å². The van der Waals surface area contributed by atoms with Gasteiger partial charge in [-0.1, -0.05) is 11.6 Å². The number of nitrogens with one attached hydrogen (secondary N) is 1. The molecule has 0 atom stereocenters. The molecular formula is C17H17NO2. The van der Waals surface area contributed by atoms with Crippen molar-refractivity contribution < 1.29 is 9.47 Å². The quantitative estimate of drug-likeness (QED) is 0.773. The lowest BCUT2D eigenvalue weighted by atomic mass is 10.1. The monoisotopic (exact) mass is 267 g/mol. The molecular weight excluding hydrogens is 250 g/mol. The maximum Gasteiger partial charge on any atom is 0.128 e. The van der Waals surface area contributed by atoms with Gasteiger partial charge in [-0.2, -0.15) is 0 Å². The Kier molecular flexibility index (Phi) is 3.11. The Morgan fingerprint density at radius 2 is 1.75 bits per heavy atom. The third-order valence-corrected chi connectivity index (χ3v) is 3.47. The van der Waals surface area contributed by atoms with Crippen LogP contribution in [0.1, 0.15) is 5.56 Å². The van der Waals surface area contributed by atoms with E-state index in [4.69, 9.17) is 9.47 Å². The predicted molar refractivity (Wildman–Crippen MR) is 81.6 cm³/mol. The molecule has 1 heterocycles. The van der Waals surface area contributed by atoms with Gasteiger partial charge in [0.15, 0.2) is 0 Å². The van der Waals surface area contributed by atoms with Crippen molar-refractivity contribution in [3.63, 3.8) is 0 Å². The molecule has 0 radical (unpaired) electrons. The summed E-state index contributed by atoms with van der Waals surface area (Å²) in [5, 5.41) is 1.13. The first-order valence-corrected chi connectivity index (χ1v) is 6.53. The summed E-state index contributed by atoms with van der Waals surface area (Å²) in [6.07, 6.45) is 0. The van der Waals surface area contributed by atoms with Crippen molar-refractivity contribution in [2.75, 3.05) is 14.2 Å². The van der Waals surface area contributed by atoms with Gasteiger partial charge in [0.25, 0.3) is 0 Å². The molecule has 1 aromatic heterocycles. The van der Waals surface area contributed by atoms with Crippen LogP contribution in [0.3, 0.4) is 0 Å². The molecule has 0 spiro atoms. The van der Waals surface area contributed by atoms with Crippen molar-refractivity contribution in [2.45, 2.75) is 6.92 Å². The maximum atomic E-state index is 5.45. The summed E-state index contributed by atoms with van der Waals surface area (Å²) in [6, 6.07) is 14.3. The normalized spacial score (nSPS) is 10.8. The molecule has 0 fully saturated rings. The number of benzene rings is 2. The highest BCUT2D eigenvalue weighted by molar-refractivity contribution is 5.88. The van der Waals surface area contributed by atoms with E-state index in [2.05, 4.69) is 24.0 Å². The lowest BCUT2D eigenvalue weighted by molar-refractivity contribution is 0.415. The van der Waals surface area contributed by atoms with Crippen LogP contribution in [0.2, 0.25) is 0 Å². The molecule has 0 aliphatic heterocycles. The third kappa shape index (κ3) is 2.11. The molecule has 0 amide bonds. The Bertz CT molecular complexity index is 759. The smallest absolute Gasteiger partial charge is 0.128 e. The number of ether oxygens (including phenoxy) is 2. The van der Waals surface area contributed by atoms with E-state index >= 15 is 0 Å². The van der Waals surface area contributed by atoms with Gasteiger partial charge in [-0.25, -0.2) is 0 Å². The summed E-state index contributed by atoms with van der Waals surface area (Å²) >= 11 is 0. The van der Waals surface area contributed by atoms with E-state index in [1.54, 1.807) is 14.2 Å². The minimum absolute atomic E-state index is 0.860.